The molecule has 1 aromatic carbocycles. The molecule has 0 bridgehead atoms. The fourth-order valence-electron chi connectivity index (χ4n) is 1.22. The Morgan fingerprint density at radius 3 is 2.18 bits per heavy atom. The lowest BCUT2D eigenvalue weighted by atomic mass is 10.00. The number of ether oxygens (including phenoxy) is 1. The highest BCUT2D eigenvalue weighted by atomic mass is 19.2. The van der Waals surface area contributed by atoms with Gasteiger partial charge in [-0.3, -0.25) is 0 Å². The summed E-state index contributed by atoms with van der Waals surface area (Å²) in [6.45, 7) is 5.38. The highest BCUT2D eigenvalue weighted by Crippen LogP contribution is 2.23. The molecule has 0 aliphatic rings. The van der Waals surface area contributed by atoms with E-state index in [1.54, 1.807) is 6.92 Å². The fraction of sp³-hybridized carbons (Fsp3) is 0.500. The molecule has 0 spiro atoms. The zero-order valence-corrected chi connectivity index (χ0v) is 10.3. The van der Waals surface area contributed by atoms with E-state index in [4.69, 9.17) is 4.74 Å². The maximum Gasteiger partial charge on any atom is 0.161 e. The molecule has 0 saturated carbocycles. The quantitative estimate of drug-likeness (QED) is 0.824. The largest absolute Gasteiger partial charge is 0.377 e. The second kappa shape index (κ2) is 4.96. The molecule has 0 radical (unpaired) electrons. The molecule has 1 atom stereocenters. The van der Waals surface area contributed by atoms with Crippen LogP contribution in [0.15, 0.2) is 12.1 Å². The molecule has 0 saturated heterocycles. The van der Waals surface area contributed by atoms with E-state index in [0.29, 0.717) is 6.07 Å². The number of nitrogens with one attached hydrogen (secondary N) is 1. The molecule has 1 N–H and O–H groups in total. The molecule has 0 fully saturated rings. The maximum absolute atomic E-state index is 13.4. The number of rotatable bonds is 4. The third kappa shape index (κ3) is 3.12. The van der Waals surface area contributed by atoms with Crippen molar-refractivity contribution in [2.75, 3.05) is 12.4 Å². The number of anilines is 1. The van der Waals surface area contributed by atoms with E-state index >= 15 is 0 Å². The van der Waals surface area contributed by atoms with Crippen molar-refractivity contribution in [2.24, 2.45) is 0 Å². The molecule has 1 rings (SSSR count). The molecule has 0 amide bonds. The van der Waals surface area contributed by atoms with Crippen LogP contribution in [0.3, 0.4) is 0 Å². The summed E-state index contributed by atoms with van der Waals surface area (Å²) >= 11 is 0. The predicted octanol–water partition coefficient (Wildman–Crippen LogP) is 3.33. The average molecular weight is 247 g/mol. The monoisotopic (exact) mass is 247 g/mol. The second-order valence-electron chi connectivity index (χ2n) is 4.42. The number of hydrogen-bond donors (Lipinski definition) is 1. The summed E-state index contributed by atoms with van der Waals surface area (Å²) in [5.41, 5.74) is -0.640. The lowest BCUT2D eigenvalue weighted by Crippen LogP contribution is -2.41. The Hall–Kier alpha value is -1.23. The van der Waals surface area contributed by atoms with Crippen LogP contribution < -0.4 is 5.32 Å². The fourth-order valence-corrected chi connectivity index (χ4v) is 1.22. The van der Waals surface area contributed by atoms with Gasteiger partial charge in [-0.05, 0) is 20.8 Å². The molecule has 17 heavy (non-hydrogen) atoms. The molecule has 96 valence electrons. The predicted molar refractivity (Wildman–Crippen MR) is 60.5 cm³/mol. The highest BCUT2D eigenvalue weighted by Gasteiger charge is 2.26. The Morgan fingerprint density at radius 1 is 1.12 bits per heavy atom. The smallest absolute Gasteiger partial charge is 0.161 e. The number of hydrogen-bond acceptors (Lipinski definition) is 2. The Balaban J connectivity index is 2.93. The summed E-state index contributed by atoms with van der Waals surface area (Å²) in [6, 6.07) is 1.05. The summed E-state index contributed by atoms with van der Waals surface area (Å²) in [5.74, 6) is -3.12. The van der Waals surface area contributed by atoms with Crippen molar-refractivity contribution in [3.05, 3.63) is 29.6 Å². The molecule has 0 aromatic heterocycles. The lowest BCUT2D eigenvalue weighted by Gasteiger charge is -2.31. The highest BCUT2D eigenvalue weighted by molar-refractivity contribution is 5.46. The normalized spacial score (nSPS) is 13.6. The topological polar surface area (TPSA) is 21.3 Å². The number of halogens is 3. The van der Waals surface area contributed by atoms with E-state index in [0.717, 1.165) is 6.07 Å². The van der Waals surface area contributed by atoms with E-state index in [1.807, 2.05) is 13.8 Å². The summed E-state index contributed by atoms with van der Waals surface area (Å²) in [4.78, 5) is 0. The van der Waals surface area contributed by atoms with Crippen molar-refractivity contribution in [3.8, 4) is 0 Å². The van der Waals surface area contributed by atoms with E-state index < -0.39 is 23.1 Å². The Kier molecular flexibility index (Phi) is 4.03. The first-order valence-electron chi connectivity index (χ1n) is 5.24. The van der Waals surface area contributed by atoms with E-state index in [1.165, 1.54) is 7.11 Å². The molecule has 2 nitrogen and oxygen atoms in total. The van der Waals surface area contributed by atoms with Crippen LogP contribution in [-0.4, -0.2) is 18.8 Å². The first-order chi connectivity index (χ1) is 7.77. The minimum Gasteiger partial charge on any atom is -0.377 e. The third-order valence-electron chi connectivity index (χ3n) is 2.95. The van der Waals surface area contributed by atoms with Gasteiger partial charge in [-0.2, -0.15) is 0 Å². The molecule has 1 aromatic rings. The molecule has 0 heterocycles. The van der Waals surface area contributed by atoms with Gasteiger partial charge in [0.15, 0.2) is 11.6 Å². The minimum absolute atomic E-state index is 0.0819. The van der Waals surface area contributed by atoms with E-state index in [2.05, 4.69) is 5.32 Å². The zero-order valence-electron chi connectivity index (χ0n) is 10.3. The van der Waals surface area contributed by atoms with Crippen LogP contribution in [0.4, 0.5) is 18.9 Å². The van der Waals surface area contributed by atoms with Gasteiger partial charge in [-0.15, -0.1) is 0 Å². The van der Waals surface area contributed by atoms with Crippen LogP contribution in [0, 0.1) is 17.5 Å². The number of methoxy groups -OCH3 is 1. The van der Waals surface area contributed by atoms with E-state index in [9.17, 15) is 13.2 Å². The first-order valence-corrected chi connectivity index (χ1v) is 5.24. The van der Waals surface area contributed by atoms with Crippen LogP contribution in [0.25, 0.3) is 0 Å². The van der Waals surface area contributed by atoms with Gasteiger partial charge in [0.25, 0.3) is 0 Å². The second-order valence-corrected chi connectivity index (χ2v) is 4.42. The van der Waals surface area contributed by atoms with Gasteiger partial charge in [0.2, 0.25) is 0 Å². The summed E-state index contributed by atoms with van der Waals surface area (Å²) in [7, 11) is 1.53. The van der Waals surface area contributed by atoms with Crippen LogP contribution in [0.2, 0.25) is 0 Å². The van der Waals surface area contributed by atoms with Crippen molar-refractivity contribution in [1.29, 1.82) is 0 Å². The Labute approximate surface area is 98.8 Å². The molecular weight excluding hydrogens is 231 g/mol. The van der Waals surface area contributed by atoms with Crippen LogP contribution in [0.1, 0.15) is 20.8 Å². The van der Waals surface area contributed by atoms with Crippen molar-refractivity contribution >= 4 is 5.69 Å². The molecule has 5 heteroatoms. The number of benzene rings is 1. The van der Waals surface area contributed by atoms with Gasteiger partial charge in [0.1, 0.15) is 5.82 Å². The van der Waals surface area contributed by atoms with Gasteiger partial charge in [0, 0.05) is 19.2 Å². The Morgan fingerprint density at radius 2 is 1.65 bits per heavy atom. The van der Waals surface area contributed by atoms with Gasteiger partial charge in [-0.25, -0.2) is 13.2 Å². The third-order valence-corrected chi connectivity index (χ3v) is 2.95. The van der Waals surface area contributed by atoms with Gasteiger partial charge in [-0.1, -0.05) is 0 Å². The van der Waals surface area contributed by atoms with Crippen molar-refractivity contribution in [2.45, 2.75) is 32.4 Å². The van der Waals surface area contributed by atoms with Crippen LogP contribution in [0.5, 0.6) is 0 Å². The van der Waals surface area contributed by atoms with Crippen molar-refractivity contribution < 1.29 is 17.9 Å². The average Bonchev–Trinajstić information content (AvgIpc) is 2.25. The van der Waals surface area contributed by atoms with Crippen LogP contribution >= 0.6 is 0 Å². The molecular formula is C12H16F3NO. The standard InChI is InChI=1S/C12H16F3NO/c1-7(12(2,3)17-4)16-11-6-9(14)8(13)5-10(11)15/h5-7,16H,1-4H3. The molecule has 0 aliphatic carbocycles. The molecule has 1 unspecified atom stereocenters. The van der Waals surface area contributed by atoms with Gasteiger partial charge >= 0.3 is 0 Å². The van der Waals surface area contributed by atoms with Gasteiger partial charge in [0.05, 0.1) is 17.3 Å². The SMILES string of the molecule is COC(C)(C)C(C)Nc1cc(F)c(F)cc1F. The summed E-state index contributed by atoms with van der Waals surface area (Å²) in [5, 5.41) is 2.76. The summed E-state index contributed by atoms with van der Waals surface area (Å²) in [6.07, 6.45) is 0. The van der Waals surface area contributed by atoms with E-state index in [-0.39, 0.29) is 11.7 Å². The van der Waals surface area contributed by atoms with Crippen molar-refractivity contribution in [3.63, 3.8) is 0 Å². The Bertz CT molecular complexity index is 407. The summed E-state index contributed by atoms with van der Waals surface area (Å²) < 4.78 is 44.3. The van der Waals surface area contributed by atoms with Crippen molar-refractivity contribution in [1.82, 2.24) is 0 Å². The van der Waals surface area contributed by atoms with Gasteiger partial charge < -0.3 is 10.1 Å². The minimum atomic E-state index is -1.20. The van der Waals surface area contributed by atoms with Crippen LogP contribution in [-0.2, 0) is 4.74 Å². The lowest BCUT2D eigenvalue weighted by molar-refractivity contribution is 0.0107. The first kappa shape index (κ1) is 13.8. The molecule has 0 aliphatic heterocycles. The zero-order chi connectivity index (χ0) is 13.2. The maximum atomic E-state index is 13.4.